The molecule has 0 aliphatic heterocycles. The largest absolute Gasteiger partial charge is 0.320 e. The molecule has 0 radical (unpaired) electrons. The predicted molar refractivity (Wildman–Crippen MR) is 68.8 cm³/mol. The summed E-state index contributed by atoms with van der Waals surface area (Å²) in [7, 11) is 3.64. The summed E-state index contributed by atoms with van der Waals surface area (Å²) < 4.78 is 3.35. The summed E-state index contributed by atoms with van der Waals surface area (Å²) in [5.41, 5.74) is 2.40. The van der Waals surface area contributed by atoms with Crippen LogP contribution in [0.15, 0.2) is 24.7 Å². The Balaban J connectivity index is 2.01. The normalized spacial score (nSPS) is 11.1. The summed E-state index contributed by atoms with van der Waals surface area (Å²) >= 11 is 0. The lowest BCUT2D eigenvalue weighted by Gasteiger charge is -1.97. The minimum Gasteiger partial charge on any atom is -0.320 e. The number of hydrogen-bond acceptors (Lipinski definition) is 3. The Kier molecular flexibility index (Phi) is 3.27. The zero-order valence-corrected chi connectivity index (χ0v) is 10.6. The molecule has 18 heavy (non-hydrogen) atoms. The van der Waals surface area contributed by atoms with Crippen LogP contribution in [0.5, 0.6) is 0 Å². The second-order valence-corrected chi connectivity index (χ2v) is 4.07. The molecule has 0 aliphatic rings. The fourth-order valence-corrected chi connectivity index (χ4v) is 1.59. The summed E-state index contributed by atoms with van der Waals surface area (Å²) in [6.07, 6.45) is 8.49. The van der Waals surface area contributed by atoms with Crippen LogP contribution in [0.1, 0.15) is 11.3 Å². The molecular weight excluding hydrogens is 230 g/mol. The molecule has 0 fully saturated rings. The van der Waals surface area contributed by atoms with Crippen LogP contribution in [-0.4, -0.2) is 25.5 Å². The van der Waals surface area contributed by atoms with Crippen molar-refractivity contribution in [1.82, 2.24) is 19.6 Å². The van der Waals surface area contributed by atoms with Gasteiger partial charge in [-0.1, -0.05) is 0 Å². The quantitative estimate of drug-likeness (QED) is 0.824. The van der Waals surface area contributed by atoms with Crippen LogP contribution in [0.3, 0.4) is 0 Å². The van der Waals surface area contributed by atoms with E-state index in [9.17, 15) is 4.79 Å². The molecule has 0 aliphatic carbocycles. The van der Waals surface area contributed by atoms with Gasteiger partial charge >= 0.3 is 0 Å². The number of hydrogen-bond donors (Lipinski definition) is 1. The highest BCUT2D eigenvalue weighted by Gasteiger charge is 2.04. The summed E-state index contributed by atoms with van der Waals surface area (Å²) in [6, 6.07) is 0. The van der Waals surface area contributed by atoms with Crippen molar-refractivity contribution in [2.75, 3.05) is 5.32 Å². The molecule has 2 heterocycles. The van der Waals surface area contributed by atoms with Gasteiger partial charge in [0.1, 0.15) is 0 Å². The number of nitrogens with one attached hydrogen (secondary N) is 1. The third kappa shape index (κ3) is 2.85. The summed E-state index contributed by atoms with van der Waals surface area (Å²) in [4.78, 5) is 11.7. The van der Waals surface area contributed by atoms with E-state index in [1.54, 1.807) is 27.8 Å². The number of nitrogens with zero attached hydrogens (tertiary/aromatic N) is 4. The van der Waals surface area contributed by atoms with Gasteiger partial charge in [-0.05, 0) is 13.0 Å². The number of amides is 1. The molecule has 0 saturated heterocycles. The fraction of sp³-hybridized carbons (Fsp3) is 0.250. The van der Waals surface area contributed by atoms with E-state index in [1.165, 1.54) is 6.08 Å². The van der Waals surface area contributed by atoms with E-state index in [1.807, 2.05) is 27.2 Å². The van der Waals surface area contributed by atoms with E-state index in [2.05, 4.69) is 15.5 Å². The molecule has 0 bridgehead atoms. The smallest absolute Gasteiger partial charge is 0.248 e. The average Bonchev–Trinajstić information content (AvgIpc) is 2.83. The van der Waals surface area contributed by atoms with E-state index in [0.29, 0.717) is 0 Å². The fourth-order valence-electron chi connectivity index (χ4n) is 1.59. The van der Waals surface area contributed by atoms with Gasteiger partial charge in [0.25, 0.3) is 0 Å². The first-order chi connectivity index (χ1) is 8.54. The second-order valence-electron chi connectivity index (χ2n) is 4.07. The molecule has 0 unspecified atom stereocenters. The van der Waals surface area contributed by atoms with Crippen LogP contribution in [0, 0.1) is 6.92 Å². The lowest BCUT2D eigenvalue weighted by atomic mass is 10.3. The standard InChI is InChI=1S/C12H15N5O/c1-9-11(8-17(3)15-9)14-12(18)5-4-10-6-13-16(2)7-10/h4-8H,1-3H3,(H,14,18)/b5-4+. The SMILES string of the molecule is Cc1nn(C)cc1NC(=O)/C=C/c1cnn(C)c1. The first-order valence-electron chi connectivity index (χ1n) is 5.52. The maximum atomic E-state index is 11.7. The van der Waals surface area contributed by atoms with E-state index < -0.39 is 0 Å². The molecule has 0 atom stereocenters. The maximum absolute atomic E-state index is 11.7. The summed E-state index contributed by atoms with van der Waals surface area (Å²) in [5.74, 6) is -0.185. The minimum absolute atomic E-state index is 0.185. The molecule has 0 aromatic carbocycles. The van der Waals surface area contributed by atoms with Gasteiger partial charge in [0, 0.05) is 38.1 Å². The molecule has 1 amide bonds. The van der Waals surface area contributed by atoms with Gasteiger partial charge in [-0.3, -0.25) is 14.2 Å². The third-order valence-corrected chi connectivity index (χ3v) is 2.42. The highest BCUT2D eigenvalue weighted by Crippen LogP contribution is 2.11. The van der Waals surface area contributed by atoms with Crippen molar-refractivity contribution in [3.63, 3.8) is 0 Å². The molecule has 2 aromatic rings. The van der Waals surface area contributed by atoms with Crippen molar-refractivity contribution in [3.8, 4) is 0 Å². The number of aryl methyl sites for hydroxylation is 3. The van der Waals surface area contributed by atoms with Gasteiger partial charge in [0.05, 0.1) is 17.6 Å². The molecule has 0 spiro atoms. The monoisotopic (exact) mass is 245 g/mol. The summed E-state index contributed by atoms with van der Waals surface area (Å²) in [6.45, 7) is 1.85. The highest BCUT2D eigenvalue weighted by molar-refractivity contribution is 6.02. The molecule has 2 rings (SSSR count). The Labute approximate surface area is 105 Å². The van der Waals surface area contributed by atoms with Crippen LogP contribution in [0.4, 0.5) is 5.69 Å². The molecule has 2 aromatic heterocycles. The molecule has 6 nitrogen and oxygen atoms in total. The molecule has 1 N–H and O–H groups in total. The van der Waals surface area contributed by atoms with Crippen LogP contribution in [-0.2, 0) is 18.9 Å². The number of aromatic nitrogens is 4. The molecule has 0 saturated carbocycles. The lowest BCUT2D eigenvalue weighted by Crippen LogP contribution is -2.07. The van der Waals surface area contributed by atoms with Gasteiger partial charge in [-0.25, -0.2) is 0 Å². The number of carbonyl (C=O) groups is 1. The van der Waals surface area contributed by atoms with E-state index in [-0.39, 0.29) is 5.91 Å². The molecule has 6 heteroatoms. The first kappa shape index (κ1) is 12.1. The van der Waals surface area contributed by atoms with Crippen molar-refractivity contribution in [3.05, 3.63) is 35.9 Å². The number of anilines is 1. The van der Waals surface area contributed by atoms with Gasteiger partial charge in [0.2, 0.25) is 5.91 Å². The average molecular weight is 245 g/mol. The van der Waals surface area contributed by atoms with Crippen molar-refractivity contribution < 1.29 is 4.79 Å². The van der Waals surface area contributed by atoms with Crippen molar-refractivity contribution in [2.45, 2.75) is 6.92 Å². The van der Waals surface area contributed by atoms with Crippen molar-refractivity contribution >= 4 is 17.7 Å². The Morgan fingerprint density at radius 3 is 2.67 bits per heavy atom. The predicted octanol–water partition coefficient (Wildman–Crippen LogP) is 1.11. The number of carbonyl (C=O) groups excluding carboxylic acids is 1. The zero-order chi connectivity index (χ0) is 13.1. The van der Waals surface area contributed by atoms with Crippen LogP contribution >= 0.6 is 0 Å². The van der Waals surface area contributed by atoms with Gasteiger partial charge in [-0.15, -0.1) is 0 Å². The van der Waals surface area contributed by atoms with Crippen LogP contribution in [0.2, 0.25) is 0 Å². The Bertz CT molecular complexity index is 593. The van der Waals surface area contributed by atoms with Crippen LogP contribution in [0.25, 0.3) is 6.08 Å². The highest BCUT2D eigenvalue weighted by atomic mass is 16.1. The maximum Gasteiger partial charge on any atom is 0.248 e. The van der Waals surface area contributed by atoms with E-state index >= 15 is 0 Å². The van der Waals surface area contributed by atoms with Gasteiger partial charge in [0.15, 0.2) is 0 Å². The van der Waals surface area contributed by atoms with Gasteiger partial charge in [-0.2, -0.15) is 10.2 Å². The Hall–Kier alpha value is -2.37. The topological polar surface area (TPSA) is 64.7 Å². The molecular formula is C12H15N5O. The van der Waals surface area contributed by atoms with Crippen molar-refractivity contribution in [1.29, 1.82) is 0 Å². The van der Waals surface area contributed by atoms with E-state index in [4.69, 9.17) is 0 Å². The molecule has 94 valence electrons. The first-order valence-corrected chi connectivity index (χ1v) is 5.52. The van der Waals surface area contributed by atoms with E-state index in [0.717, 1.165) is 16.9 Å². The lowest BCUT2D eigenvalue weighted by molar-refractivity contribution is -0.111. The minimum atomic E-state index is -0.185. The Morgan fingerprint density at radius 2 is 2.11 bits per heavy atom. The van der Waals surface area contributed by atoms with Crippen molar-refractivity contribution in [2.24, 2.45) is 14.1 Å². The zero-order valence-electron chi connectivity index (χ0n) is 10.6. The third-order valence-electron chi connectivity index (χ3n) is 2.42. The Morgan fingerprint density at radius 1 is 1.33 bits per heavy atom. The number of rotatable bonds is 3. The van der Waals surface area contributed by atoms with Crippen LogP contribution < -0.4 is 5.32 Å². The second kappa shape index (κ2) is 4.87. The van der Waals surface area contributed by atoms with Gasteiger partial charge < -0.3 is 5.32 Å². The summed E-state index contributed by atoms with van der Waals surface area (Å²) in [5, 5.41) is 10.9.